The number of rotatable bonds is 5. The number of hydrogen-bond acceptors (Lipinski definition) is 2. The zero-order valence-corrected chi connectivity index (χ0v) is 12.3. The molecule has 0 heterocycles. The summed E-state index contributed by atoms with van der Waals surface area (Å²) in [6.45, 7) is 2.13. The van der Waals surface area contributed by atoms with Crippen LogP contribution in [0, 0.1) is 17.2 Å². The summed E-state index contributed by atoms with van der Waals surface area (Å²) in [7, 11) is 0. The average molecular weight is 269 g/mol. The largest absolute Gasteiger partial charge is 0.299 e. The molecule has 0 saturated heterocycles. The Morgan fingerprint density at radius 2 is 1.85 bits per heavy atom. The lowest BCUT2D eigenvalue weighted by Crippen LogP contribution is -2.21. The monoisotopic (exact) mass is 269 g/mol. The van der Waals surface area contributed by atoms with Crippen LogP contribution >= 0.6 is 0 Å². The van der Waals surface area contributed by atoms with E-state index in [-0.39, 0.29) is 0 Å². The smallest absolute Gasteiger partial charge is 0.135 e. The number of carbonyl (C=O) groups excluding carboxylic acids is 1. The predicted molar refractivity (Wildman–Crippen MR) is 80.4 cm³/mol. The molecule has 0 atom stereocenters. The Kier molecular flexibility index (Phi) is 5.35. The molecule has 0 aromatic heterocycles. The second-order valence-electron chi connectivity index (χ2n) is 5.85. The summed E-state index contributed by atoms with van der Waals surface area (Å²) in [5.41, 5.74) is 2.04. The summed E-state index contributed by atoms with van der Waals surface area (Å²) in [4.78, 5) is 12.0. The van der Waals surface area contributed by atoms with Crippen LogP contribution in [0.3, 0.4) is 0 Å². The highest BCUT2D eigenvalue weighted by Crippen LogP contribution is 2.36. The molecule has 1 aromatic carbocycles. The van der Waals surface area contributed by atoms with Crippen LogP contribution in [0.2, 0.25) is 0 Å². The van der Waals surface area contributed by atoms with Crippen molar-refractivity contribution in [2.45, 2.75) is 57.8 Å². The molecule has 1 aliphatic rings. The topological polar surface area (TPSA) is 40.9 Å². The van der Waals surface area contributed by atoms with Gasteiger partial charge in [-0.25, -0.2) is 0 Å². The van der Waals surface area contributed by atoms with Gasteiger partial charge >= 0.3 is 0 Å². The summed E-state index contributed by atoms with van der Waals surface area (Å²) in [5.74, 6) is 1.35. The molecule has 1 fully saturated rings. The van der Waals surface area contributed by atoms with Gasteiger partial charge in [-0.1, -0.05) is 25.5 Å². The number of nitriles is 1. The Labute approximate surface area is 121 Å². The third kappa shape index (κ3) is 3.70. The van der Waals surface area contributed by atoms with Gasteiger partial charge in [0.1, 0.15) is 5.78 Å². The van der Waals surface area contributed by atoms with E-state index in [0.29, 0.717) is 17.6 Å². The van der Waals surface area contributed by atoms with Gasteiger partial charge in [0.2, 0.25) is 0 Å². The van der Waals surface area contributed by atoms with Crippen LogP contribution in [0.25, 0.3) is 0 Å². The van der Waals surface area contributed by atoms with Crippen LogP contribution in [-0.2, 0) is 4.79 Å². The van der Waals surface area contributed by atoms with E-state index in [0.717, 1.165) is 50.5 Å². The number of benzene rings is 1. The Morgan fingerprint density at radius 1 is 1.20 bits per heavy atom. The first kappa shape index (κ1) is 14.8. The minimum atomic E-state index is 0.302. The molecule has 106 valence electrons. The predicted octanol–water partition coefficient (Wildman–Crippen LogP) is 4.59. The number of unbranched alkanes of at least 4 members (excludes halogenated alkanes) is 1. The lowest BCUT2D eigenvalue weighted by molar-refractivity contribution is -0.124. The normalized spacial score (nSPS) is 22.2. The third-order valence-corrected chi connectivity index (χ3v) is 4.47. The first-order chi connectivity index (χ1) is 9.74. The molecule has 0 unspecified atom stereocenters. The van der Waals surface area contributed by atoms with Crippen molar-refractivity contribution in [2.75, 3.05) is 0 Å². The van der Waals surface area contributed by atoms with Crippen molar-refractivity contribution in [3.63, 3.8) is 0 Å². The second kappa shape index (κ2) is 7.24. The molecule has 1 aromatic rings. The Hall–Kier alpha value is -1.62. The Morgan fingerprint density at radius 3 is 2.40 bits per heavy atom. The van der Waals surface area contributed by atoms with Crippen molar-refractivity contribution in [1.29, 1.82) is 5.26 Å². The highest BCUT2D eigenvalue weighted by molar-refractivity contribution is 5.81. The van der Waals surface area contributed by atoms with Gasteiger partial charge in [-0.2, -0.15) is 5.26 Å². The van der Waals surface area contributed by atoms with Gasteiger partial charge in [-0.15, -0.1) is 0 Å². The molecule has 0 radical (unpaired) electrons. The first-order valence-electron chi connectivity index (χ1n) is 7.77. The number of Topliss-reactive ketones (excluding diaryl/α,β-unsaturated/α-hetero) is 1. The van der Waals surface area contributed by atoms with Gasteiger partial charge in [0.05, 0.1) is 11.6 Å². The molecule has 0 N–H and O–H groups in total. The van der Waals surface area contributed by atoms with Gasteiger partial charge in [-0.3, -0.25) is 4.79 Å². The van der Waals surface area contributed by atoms with Crippen LogP contribution < -0.4 is 0 Å². The van der Waals surface area contributed by atoms with Crippen molar-refractivity contribution in [3.8, 4) is 6.07 Å². The molecule has 1 aliphatic carbocycles. The fourth-order valence-electron chi connectivity index (χ4n) is 3.13. The molecular formula is C18H23NO. The molecule has 0 amide bonds. The molecule has 20 heavy (non-hydrogen) atoms. The van der Waals surface area contributed by atoms with Gasteiger partial charge < -0.3 is 0 Å². The lowest BCUT2D eigenvalue weighted by Gasteiger charge is -2.28. The van der Waals surface area contributed by atoms with Gasteiger partial charge in [0.15, 0.2) is 0 Å². The van der Waals surface area contributed by atoms with Crippen molar-refractivity contribution in [1.82, 2.24) is 0 Å². The fourth-order valence-corrected chi connectivity index (χ4v) is 3.13. The van der Waals surface area contributed by atoms with E-state index in [1.807, 2.05) is 12.1 Å². The number of carbonyl (C=O) groups is 1. The molecule has 2 rings (SSSR count). The van der Waals surface area contributed by atoms with Crippen LogP contribution in [-0.4, -0.2) is 5.78 Å². The SMILES string of the molecule is CCCCC(=O)C1CCC(c2ccc(C#N)cc2)CC1. The molecule has 0 bridgehead atoms. The lowest BCUT2D eigenvalue weighted by atomic mass is 9.76. The molecule has 2 heteroatoms. The van der Waals surface area contributed by atoms with E-state index in [1.54, 1.807) is 0 Å². The van der Waals surface area contributed by atoms with Crippen LogP contribution in [0.5, 0.6) is 0 Å². The third-order valence-electron chi connectivity index (χ3n) is 4.47. The Balaban J connectivity index is 1.87. The standard InChI is InChI=1S/C18H23NO/c1-2-3-4-18(20)17-11-9-16(10-12-17)15-7-5-14(13-19)6-8-15/h5-8,16-17H,2-4,9-12H2,1H3. The summed E-state index contributed by atoms with van der Waals surface area (Å²) in [6.07, 6.45) is 7.19. The molecular weight excluding hydrogens is 246 g/mol. The van der Waals surface area contributed by atoms with Crippen LogP contribution in [0.4, 0.5) is 0 Å². The maximum atomic E-state index is 12.0. The summed E-state index contributed by atoms with van der Waals surface area (Å²) in [6, 6.07) is 10.1. The van der Waals surface area contributed by atoms with Crippen LogP contribution in [0.1, 0.15) is 68.9 Å². The maximum absolute atomic E-state index is 12.0. The average Bonchev–Trinajstić information content (AvgIpc) is 2.53. The number of ketones is 1. The van der Waals surface area contributed by atoms with Crippen molar-refractivity contribution >= 4 is 5.78 Å². The quantitative estimate of drug-likeness (QED) is 0.784. The summed E-state index contributed by atoms with van der Waals surface area (Å²) < 4.78 is 0. The van der Waals surface area contributed by atoms with Crippen molar-refractivity contribution in [3.05, 3.63) is 35.4 Å². The first-order valence-corrected chi connectivity index (χ1v) is 7.77. The van der Waals surface area contributed by atoms with E-state index in [2.05, 4.69) is 25.1 Å². The summed E-state index contributed by atoms with van der Waals surface area (Å²) >= 11 is 0. The molecule has 1 saturated carbocycles. The maximum Gasteiger partial charge on any atom is 0.135 e. The zero-order valence-electron chi connectivity index (χ0n) is 12.3. The van der Waals surface area contributed by atoms with Gasteiger partial charge in [0.25, 0.3) is 0 Å². The fraction of sp³-hybridized carbons (Fsp3) is 0.556. The molecule has 2 nitrogen and oxygen atoms in total. The highest BCUT2D eigenvalue weighted by atomic mass is 16.1. The Bertz CT molecular complexity index is 475. The number of nitrogens with zero attached hydrogens (tertiary/aromatic N) is 1. The van der Waals surface area contributed by atoms with E-state index in [1.165, 1.54) is 5.56 Å². The van der Waals surface area contributed by atoms with Crippen LogP contribution in [0.15, 0.2) is 24.3 Å². The minimum absolute atomic E-state index is 0.302. The minimum Gasteiger partial charge on any atom is -0.299 e. The van der Waals surface area contributed by atoms with E-state index >= 15 is 0 Å². The van der Waals surface area contributed by atoms with Crippen molar-refractivity contribution in [2.24, 2.45) is 5.92 Å². The highest BCUT2D eigenvalue weighted by Gasteiger charge is 2.26. The van der Waals surface area contributed by atoms with Gasteiger partial charge in [-0.05, 0) is 55.7 Å². The number of hydrogen-bond donors (Lipinski definition) is 0. The second-order valence-corrected chi connectivity index (χ2v) is 5.85. The van der Waals surface area contributed by atoms with E-state index in [9.17, 15) is 4.79 Å². The summed E-state index contributed by atoms with van der Waals surface area (Å²) in [5, 5.41) is 8.82. The van der Waals surface area contributed by atoms with Crippen molar-refractivity contribution < 1.29 is 4.79 Å². The molecule has 0 aliphatic heterocycles. The van der Waals surface area contributed by atoms with E-state index in [4.69, 9.17) is 5.26 Å². The van der Waals surface area contributed by atoms with Gasteiger partial charge in [0, 0.05) is 12.3 Å². The zero-order chi connectivity index (χ0) is 14.4. The van der Waals surface area contributed by atoms with E-state index < -0.39 is 0 Å². The molecule has 0 spiro atoms.